The summed E-state index contributed by atoms with van der Waals surface area (Å²) in [6.07, 6.45) is 18.5. The minimum absolute atomic E-state index is 0.107. The maximum atomic E-state index is 12.4. The van der Waals surface area contributed by atoms with Crippen molar-refractivity contribution in [2.24, 2.45) is 5.10 Å². The highest BCUT2D eigenvalue weighted by atomic mass is 35.5. The zero-order chi connectivity index (χ0) is 25.8. The summed E-state index contributed by atoms with van der Waals surface area (Å²) in [5.74, 6) is -0.226. The molecule has 0 heterocycles. The van der Waals surface area contributed by atoms with E-state index in [9.17, 15) is 9.59 Å². The van der Waals surface area contributed by atoms with Crippen molar-refractivity contribution in [2.75, 3.05) is 0 Å². The molecule has 1 N–H and O–H groups in total. The first kappa shape index (κ1) is 29.6. The molecule has 2 rings (SSSR count). The molecule has 0 saturated carbocycles. The lowest BCUT2D eigenvalue weighted by atomic mass is 10.0. The Balaban J connectivity index is 1.58. The van der Waals surface area contributed by atoms with E-state index in [2.05, 4.69) is 17.5 Å². The number of benzene rings is 2. The lowest BCUT2D eigenvalue weighted by Crippen LogP contribution is -2.17. The summed E-state index contributed by atoms with van der Waals surface area (Å²) in [5.41, 5.74) is 3.57. The molecule has 0 fully saturated rings. The van der Waals surface area contributed by atoms with Gasteiger partial charge >= 0.3 is 5.97 Å². The summed E-state index contributed by atoms with van der Waals surface area (Å²) in [6, 6.07) is 13.5. The van der Waals surface area contributed by atoms with Gasteiger partial charge in [0.1, 0.15) is 5.75 Å². The molecule has 0 saturated heterocycles. The average molecular weight is 513 g/mol. The predicted octanol–water partition coefficient (Wildman–Crippen LogP) is 8.49. The van der Waals surface area contributed by atoms with Crippen molar-refractivity contribution < 1.29 is 14.3 Å². The van der Waals surface area contributed by atoms with Crippen molar-refractivity contribution in [3.05, 3.63) is 64.7 Å². The number of esters is 1. The maximum Gasteiger partial charge on any atom is 0.343 e. The van der Waals surface area contributed by atoms with Crippen LogP contribution in [0.2, 0.25) is 5.02 Å². The molecule has 0 bridgehead atoms. The molecule has 0 aliphatic rings. The maximum absolute atomic E-state index is 12.4. The Morgan fingerprint density at radius 2 is 1.36 bits per heavy atom. The van der Waals surface area contributed by atoms with Crippen molar-refractivity contribution >= 4 is 29.7 Å². The van der Waals surface area contributed by atoms with Gasteiger partial charge in [0, 0.05) is 17.0 Å². The largest absolute Gasteiger partial charge is 0.422 e. The standard InChI is InChI=1S/C30H41ClN2O3/c1-2-3-4-5-6-7-8-9-10-11-12-13-14-19-29(34)33-32-24-26-17-15-16-18-28(26)36-30(35)25-20-22-27(31)23-21-25/h15-18,20-24H,2-14,19H2,1H3,(H,33,34)/b32-24+. The van der Waals surface area contributed by atoms with Crippen LogP contribution in [0, 0.1) is 0 Å². The lowest BCUT2D eigenvalue weighted by molar-refractivity contribution is -0.121. The number of carbonyl (C=O) groups excluding carboxylic acids is 2. The molecule has 2 aromatic carbocycles. The van der Waals surface area contributed by atoms with Crippen LogP contribution < -0.4 is 10.2 Å². The number of nitrogens with one attached hydrogen (secondary N) is 1. The fourth-order valence-corrected chi connectivity index (χ4v) is 4.08. The number of nitrogens with zero attached hydrogens (tertiary/aromatic N) is 1. The van der Waals surface area contributed by atoms with E-state index in [1.807, 2.05) is 6.07 Å². The summed E-state index contributed by atoms with van der Waals surface area (Å²) in [4.78, 5) is 24.5. The molecule has 0 unspecified atom stereocenters. The highest BCUT2D eigenvalue weighted by Gasteiger charge is 2.11. The van der Waals surface area contributed by atoms with Gasteiger partial charge in [0.15, 0.2) is 0 Å². The molecule has 2 aromatic rings. The second kappa shape index (κ2) is 18.6. The SMILES string of the molecule is CCCCCCCCCCCCCCCC(=O)N/N=C/c1ccccc1OC(=O)c1ccc(Cl)cc1. The molecule has 36 heavy (non-hydrogen) atoms. The Hall–Kier alpha value is -2.66. The topological polar surface area (TPSA) is 67.8 Å². The summed E-state index contributed by atoms with van der Waals surface area (Å²) in [7, 11) is 0. The van der Waals surface area contributed by atoms with Crippen molar-refractivity contribution in [1.29, 1.82) is 0 Å². The zero-order valence-corrected chi connectivity index (χ0v) is 22.4. The minimum Gasteiger partial charge on any atom is -0.422 e. The number of para-hydroxylation sites is 1. The van der Waals surface area contributed by atoms with E-state index in [1.54, 1.807) is 42.5 Å². The van der Waals surface area contributed by atoms with E-state index >= 15 is 0 Å². The van der Waals surface area contributed by atoms with E-state index in [0.717, 1.165) is 12.8 Å². The number of hydrazone groups is 1. The third-order valence-corrected chi connectivity index (χ3v) is 6.35. The smallest absolute Gasteiger partial charge is 0.343 e. The van der Waals surface area contributed by atoms with Crippen LogP contribution in [0.15, 0.2) is 53.6 Å². The molecule has 0 aromatic heterocycles. The van der Waals surface area contributed by atoms with Crippen LogP contribution in [-0.2, 0) is 4.79 Å². The van der Waals surface area contributed by atoms with Crippen LogP contribution in [0.4, 0.5) is 0 Å². The van der Waals surface area contributed by atoms with Crippen LogP contribution in [0.1, 0.15) is 113 Å². The van der Waals surface area contributed by atoms with Crippen LogP contribution in [0.5, 0.6) is 5.75 Å². The van der Waals surface area contributed by atoms with E-state index in [1.165, 1.54) is 76.8 Å². The third-order valence-electron chi connectivity index (χ3n) is 6.10. The summed E-state index contributed by atoms with van der Waals surface area (Å²) >= 11 is 5.87. The molecule has 1 amide bonds. The number of ether oxygens (including phenoxy) is 1. The first-order valence-electron chi connectivity index (χ1n) is 13.5. The second-order valence-electron chi connectivity index (χ2n) is 9.22. The van der Waals surface area contributed by atoms with E-state index < -0.39 is 5.97 Å². The van der Waals surface area contributed by atoms with E-state index in [4.69, 9.17) is 16.3 Å². The van der Waals surface area contributed by atoms with Crippen LogP contribution in [-0.4, -0.2) is 18.1 Å². The zero-order valence-electron chi connectivity index (χ0n) is 21.6. The Labute approximate surface area is 221 Å². The van der Waals surface area contributed by atoms with Gasteiger partial charge in [-0.1, -0.05) is 108 Å². The normalized spacial score (nSPS) is 11.1. The highest BCUT2D eigenvalue weighted by molar-refractivity contribution is 6.30. The Bertz CT molecular complexity index is 928. The van der Waals surface area contributed by atoms with Crippen molar-refractivity contribution in [3.63, 3.8) is 0 Å². The van der Waals surface area contributed by atoms with Gasteiger partial charge in [-0.05, 0) is 42.8 Å². The van der Waals surface area contributed by atoms with Crippen LogP contribution in [0.3, 0.4) is 0 Å². The number of unbranched alkanes of at least 4 members (excludes halogenated alkanes) is 12. The first-order chi connectivity index (χ1) is 17.6. The van der Waals surface area contributed by atoms with Gasteiger partial charge < -0.3 is 4.74 Å². The first-order valence-corrected chi connectivity index (χ1v) is 13.9. The average Bonchev–Trinajstić information content (AvgIpc) is 2.88. The number of rotatable bonds is 18. The minimum atomic E-state index is -0.487. The van der Waals surface area contributed by atoms with E-state index in [-0.39, 0.29) is 5.91 Å². The number of carbonyl (C=O) groups is 2. The molecule has 0 aliphatic carbocycles. The number of amides is 1. The lowest BCUT2D eigenvalue weighted by Gasteiger charge is -2.07. The third kappa shape index (κ3) is 12.9. The van der Waals surface area contributed by atoms with Crippen LogP contribution >= 0.6 is 11.6 Å². The highest BCUT2D eigenvalue weighted by Crippen LogP contribution is 2.19. The molecule has 6 heteroatoms. The van der Waals surface area contributed by atoms with Gasteiger partial charge in [-0.15, -0.1) is 0 Å². The number of hydrogen-bond donors (Lipinski definition) is 1. The summed E-state index contributed by atoms with van der Waals surface area (Å²) in [5, 5.41) is 4.59. The monoisotopic (exact) mass is 512 g/mol. The number of halogens is 1. The molecule has 0 aliphatic heterocycles. The van der Waals surface area contributed by atoms with Crippen LogP contribution in [0.25, 0.3) is 0 Å². The Morgan fingerprint density at radius 1 is 0.806 bits per heavy atom. The molecular weight excluding hydrogens is 472 g/mol. The van der Waals surface area contributed by atoms with E-state index in [0.29, 0.717) is 28.3 Å². The van der Waals surface area contributed by atoms with Gasteiger partial charge in [-0.3, -0.25) is 4.79 Å². The van der Waals surface area contributed by atoms with Gasteiger partial charge in [-0.25, -0.2) is 10.2 Å². The Morgan fingerprint density at radius 3 is 1.97 bits per heavy atom. The summed E-state index contributed by atoms with van der Waals surface area (Å²) in [6.45, 7) is 2.26. The second-order valence-corrected chi connectivity index (χ2v) is 9.66. The van der Waals surface area contributed by atoms with Gasteiger partial charge in [0.05, 0.1) is 11.8 Å². The fourth-order valence-electron chi connectivity index (χ4n) is 3.96. The number of hydrogen-bond acceptors (Lipinski definition) is 4. The van der Waals surface area contributed by atoms with Crippen molar-refractivity contribution in [2.45, 2.75) is 96.8 Å². The molecule has 0 radical (unpaired) electrons. The quantitative estimate of drug-likeness (QED) is 0.0715. The van der Waals surface area contributed by atoms with Gasteiger partial charge in [0.2, 0.25) is 5.91 Å². The molecule has 196 valence electrons. The molecular formula is C30H41ClN2O3. The van der Waals surface area contributed by atoms with Crippen molar-refractivity contribution in [3.8, 4) is 5.75 Å². The Kier molecular flexibility index (Phi) is 15.3. The molecule has 5 nitrogen and oxygen atoms in total. The fraction of sp³-hybridized carbons (Fsp3) is 0.500. The van der Waals surface area contributed by atoms with Crippen molar-refractivity contribution in [1.82, 2.24) is 5.43 Å². The summed E-state index contributed by atoms with van der Waals surface area (Å²) < 4.78 is 5.50. The molecule has 0 spiro atoms. The van der Waals surface area contributed by atoms with Gasteiger partial charge in [-0.2, -0.15) is 5.10 Å². The van der Waals surface area contributed by atoms with Gasteiger partial charge in [0.25, 0.3) is 0 Å². The molecule has 0 atom stereocenters. The predicted molar refractivity (Wildman–Crippen MR) is 149 cm³/mol.